The first kappa shape index (κ1) is 13.9. The number of hydrogen-bond donors (Lipinski definition) is 1. The highest BCUT2D eigenvalue weighted by Gasteiger charge is 2.31. The van der Waals surface area contributed by atoms with Crippen LogP contribution in [0.4, 0.5) is 5.82 Å². The van der Waals surface area contributed by atoms with Gasteiger partial charge >= 0.3 is 5.97 Å². The van der Waals surface area contributed by atoms with E-state index in [2.05, 4.69) is 23.8 Å². The van der Waals surface area contributed by atoms with Gasteiger partial charge in [0, 0.05) is 19.6 Å². The molecule has 5 heteroatoms. The number of aromatic carboxylic acids is 1. The number of hydrogen-bond acceptors (Lipinski definition) is 3. The van der Waals surface area contributed by atoms with E-state index >= 15 is 0 Å². The van der Waals surface area contributed by atoms with Gasteiger partial charge in [-0.3, -0.25) is 4.68 Å². The molecule has 0 saturated carbocycles. The van der Waals surface area contributed by atoms with E-state index in [9.17, 15) is 9.90 Å². The molecule has 0 amide bonds. The third-order valence-corrected chi connectivity index (χ3v) is 4.23. The number of nitrogens with zero attached hydrogens (tertiary/aromatic N) is 3. The third-order valence-electron chi connectivity index (χ3n) is 4.23. The first-order chi connectivity index (χ1) is 8.95. The van der Waals surface area contributed by atoms with Crippen LogP contribution in [-0.2, 0) is 7.05 Å². The number of piperidine rings is 1. The molecule has 1 fully saturated rings. The van der Waals surface area contributed by atoms with E-state index in [4.69, 9.17) is 0 Å². The second-order valence-electron chi connectivity index (χ2n) is 5.57. The lowest BCUT2D eigenvalue weighted by Crippen LogP contribution is -2.43. The molecule has 19 heavy (non-hydrogen) atoms. The van der Waals surface area contributed by atoms with Crippen LogP contribution in [0.25, 0.3) is 0 Å². The number of anilines is 1. The largest absolute Gasteiger partial charge is 0.477 e. The van der Waals surface area contributed by atoms with Crippen LogP contribution in [0.15, 0.2) is 0 Å². The Hall–Kier alpha value is -1.52. The fourth-order valence-corrected chi connectivity index (χ4v) is 3.04. The Morgan fingerprint density at radius 1 is 1.47 bits per heavy atom. The van der Waals surface area contributed by atoms with Gasteiger partial charge in [0.25, 0.3) is 0 Å². The molecule has 0 bridgehead atoms. The predicted octanol–water partition coefficient (Wildman–Crippen LogP) is 2.44. The van der Waals surface area contributed by atoms with Gasteiger partial charge in [-0.2, -0.15) is 5.10 Å². The standard InChI is InChI=1S/C14H23N3O2/c1-5-11-7-6-9(2)17(8-11)13-12(14(18)19)10(3)15-16(13)4/h9,11H,5-8H2,1-4H3,(H,18,19). The quantitative estimate of drug-likeness (QED) is 0.912. The van der Waals surface area contributed by atoms with Crippen molar-refractivity contribution in [2.75, 3.05) is 11.4 Å². The van der Waals surface area contributed by atoms with Gasteiger partial charge in [-0.1, -0.05) is 13.3 Å². The van der Waals surface area contributed by atoms with Crippen molar-refractivity contribution in [3.8, 4) is 0 Å². The van der Waals surface area contributed by atoms with Crippen molar-refractivity contribution >= 4 is 11.8 Å². The molecule has 5 nitrogen and oxygen atoms in total. The summed E-state index contributed by atoms with van der Waals surface area (Å²) in [5.41, 5.74) is 0.946. The SMILES string of the molecule is CCC1CCC(C)N(c2c(C(=O)O)c(C)nn2C)C1. The van der Waals surface area contributed by atoms with Crippen LogP contribution >= 0.6 is 0 Å². The Labute approximate surface area is 114 Å². The molecule has 1 N–H and O–H groups in total. The monoisotopic (exact) mass is 265 g/mol. The zero-order valence-corrected chi connectivity index (χ0v) is 12.2. The van der Waals surface area contributed by atoms with Gasteiger partial charge in [-0.25, -0.2) is 4.79 Å². The van der Waals surface area contributed by atoms with E-state index in [1.807, 2.05) is 7.05 Å². The molecular formula is C14H23N3O2. The number of aromatic nitrogens is 2. The summed E-state index contributed by atoms with van der Waals surface area (Å²) in [7, 11) is 1.83. The molecule has 1 saturated heterocycles. The first-order valence-electron chi connectivity index (χ1n) is 6.99. The normalized spacial score (nSPS) is 23.7. The predicted molar refractivity (Wildman–Crippen MR) is 74.7 cm³/mol. The maximum atomic E-state index is 11.5. The molecule has 0 aromatic carbocycles. The van der Waals surface area contributed by atoms with Crippen LogP contribution in [0.3, 0.4) is 0 Å². The second-order valence-corrected chi connectivity index (χ2v) is 5.57. The molecule has 2 atom stereocenters. The van der Waals surface area contributed by atoms with Crippen molar-refractivity contribution < 1.29 is 9.90 Å². The van der Waals surface area contributed by atoms with Gasteiger partial charge in [-0.15, -0.1) is 0 Å². The average molecular weight is 265 g/mol. The van der Waals surface area contributed by atoms with Gasteiger partial charge in [0.2, 0.25) is 0 Å². The summed E-state index contributed by atoms with van der Waals surface area (Å²) < 4.78 is 1.72. The van der Waals surface area contributed by atoms with Crippen molar-refractivity contribution in [2.45, 2.75) is 46.1 Å². The van der Waals surface area contributed by atoms with E-state index in [1.54, 1.807) is 11.6 Å². The summed E-state index contributed by atoms with van der Waals surface area (Å²) in [4.78, 5) is 13.7. The van der Waals surface area contributed by atoms with Crippen molar-refractivity contribution in [3.05, 3.63) is 11.3 Å². The third kappa shape index (κ3) is 2.46. The number of rotatable bonds is 3. The minimum Gasteiger partial charge on any atom is -0.477 e. The molecular weight excluding hydrogens is 242 g/mol. The van der Waals surface area contributed by atoms with Crippen molar-refractivity contribution in [2.24, 2.45) is 13.0 Å². The van der Waals surface area contributed by atoms with Crippen LogP contribution in [0.2, 0.25) is 0 Å². The smallest absolute Gasteiger partial charge is 0.341 e. The van der Waals surface area contributed by atoms with Crippen LogP contribution in [0, 0.1) is 12.8 Å². The molecule has 0 aliphatic carbocycles. The second kappa shape index (κ2) is 5.23. The molecule has 1 aliphatic heterocycles. The van der Waals surface area contributed by atoms with Crippen molar-refractivity contribution in [1.29, 1.82) is 0 Å². The molecule has 1 aromatic heterocycles. The van der Waals surface area contributed by atoms with Gasteiger partial charge in [0.05, 0.1) is 5.69 Å². The molecule has 106 valence electrons. The fraction of sp³-hybridized carbons (Fsp3) is 0.714. The summed E-state index contributed by atoms with van der Waals surface area (Å²) in [5.74, 6) is 0.523. The van der Waals surface area contributed by atoms with E-state index in [-0.39, 0.29) is 0 Å². The lowest BCUT2D eigenvalue weighted by Gasteiger charge is -2.39. The van der Waals surface area contributed by atoms with Crippen molar-refractivity contribution in [1.82, 2.24) is 9.78 Å². The Morgan fingerprint density at radius 2 is 2.16 bits per heavy atom. The van der Waals surface area contributed by atoms with Crippen LogP contribution in [-0.4, -0.2) is 33.4 Å². The number of carboxylic acids is 1. The zero-order chi connectivity index (χ0) is 14.2. The van der Waals surface area contributed by atoms with Gasteiger partial charge < -0.3 is 10.0 Å². The van der Waals surface area contributed by atoms with E-state index in [0.717, 1.165) is 25.2 Å². The van der Waals surface area contributed by atoms with Gasteiger partial charge in [0.1, 0.15) is 11.4 Å². The molecule has 2 unspecified atom stereocenters. The maximum Gasteiger partial charge on any atom is 0.341 e. The lowest BCUT2D eigenvalue weighted by atomic mass is 9.91. The van der Waals surface area contributed by atoms with Crippen molar-refractivity contribution in [3.63, 3.8) is 0 Å². The highest BCUT2D eigenvalue weighted by Crippen LogP contribution is 2.32. The maximum absolute atomic E-state index is 11.5. The Bertz CT molecular complexity index is 481. The average Bonchev–Trinajstić information content (AvgIpc) is 2.65. The number of carboxylic acid groups (broad SMARTS) is 1. The highest BCUT2D eigenvalue weighted by molar-refractivity contribution is 5.95. The zero-order valence-electron chi connectivity index (χ0n) is 12.2. The molecule has 0 spiro atoms. The Kier molecular flexibility index (Phi) is 3.83. The molecule has 0 radical (unpaired) electrons. The molecule has 1 aliphatic rings. The molecule has 1 aromatic rings. The number of carbonyl (C=O) groups is 1. The molecule has 2 rings (SSSR count). The van der Waals surface area contributed by atoms with Gasteiger partial charge in [0.15, 0.2) is 0 Å². The molecule has 2 heterocycles. The highest BCUT2D eigenvalue weighted by atomic mass is 16.4. The van der Waals surface area contributed by atoms with E-state index < -0.39 is 5.97 Å². The summed E-state index contributed by atoms with van der Waals surface area (Å²) >= 11 is 0. The van der Waals surface area contributed by atoms with Gasteiger partial charge in [-0.05, 0) is 32.6 Å². The fourth-order valence-electron chi connectivity index (χ4n) is 3.04. The topological polar surface area (TPSA) is 58.4 Å². The van der Waals surface area contributed by atoms with E-state index in [1.165, 1.54) is 6.42 Å². The number of aryl methyl sites for hydroxylation is 2. The Balaban J connectivity index is 2.42. The van der Waals surface area contributed by atoms with Crippen LogP contribution in [0.5, 0.6) is 0 Å². The summed E-state index contributed by atoms with van der Waals surface area (Å²) in [6.07, 6.45) is 3.48. The summed E-state index contributed by atoms with van der Waals surface area (Å²) in [6, 6.07) is 0.371. The Morgan fingerprint density at radius 3 is 2.74 bits per heavy atom. The summed E-state index contributed by atoms with van der Waals surface area (Å²) in [5, 5.41) is 13.7. The van der Waals surface area contributed by atoms with Crippen LogP contribution in [0.1, 0.15) is 49.2 Å². The minimum atomic E-state index is -0.883. The van der Waals surface area contributed by atoms with Crippen LogP contribution < -0.4 is 4.90 Å². The lowest BCUT2D eigenvalue weighted by molar-refractivity contribution is 0.0696. The summed E-state index contributed by atoms with van der Waals surface area (Å²) in [6.45, 7) is 7.06. The first-order valence-corrected chi connectivity index (χ1v) is 6.99. The van der Waals surface area contributed by atoms with E-state index in [0.29, 0.717) is 23.2 Å². The minimum absolute atomic E-state index is 0.353.